The van der Waals surface area contributed by atoms with Crippen molar-refractivity contribution < 1.29 is 9.18 Å². The number of hydrogen-bond acceptors (Lipinski definition) is 3. The number of anilines is 1. The Balaban J connectivity index is 2.10. The van der Waals surface area contributed by atoms with Crippen LogP contribution in [0.4, 0.5) is 10.1 Å². The van der Waals surface area contributed by atoms with Crippen LogP contribution in [0.1, 0.15) is 18.4 Å². The zero-order chi connectivity index (χ0) is 14.7. The zero-order valence-corrected chi connectivity index (χ0v) is 11.8. The van der Waals surface area contributed by atoms with Crippen LogP contribution in [-0.2, 0) is 4.79 Å². The summed E-state index contributed by atoms with van der Waals surface area (Å²) < 4.78 is 13.6. The van der Waals surface area contributed by atoms with Crippen molar-refractivity contribution in [1.82, 2.24) is 4.90 Å². The number of halogens is 1. The number of benzene rings is 1. The molecule has 4 nitrogen and oxygen atoms in total. The lowest BCUT2D eigenvalue weighted by molar-refractivity contribution is -0.133. The van der Waals surface area contributed by atoms with E-state index in [1.54, 1.807) is 31.1 Å². The molecule has 0 aromatic heterocycles. The van der Waals surface area contributed by atoms with Crippen LogP contribution in [0.5, 0.6) is 0 Å². The van der Waals surface area contributed by atoms with E-state index < -0.39 is 5.82 Å². The maximum atomic E-state index is 13.6. The number of rotatable bonds is 2. The predicted molar refractivity (Wildman–Crippen MR) is 74.7 cm³/mol. The summed E-state index contributed by atoms with van der Waals surface area (Å²) in [5, 5.41) is 9.07. The molecule has 1 aliphatic heterocycles. The molecule has 1 aromatic carbocycles. The number of piperidine rings is 1. The molecule has 0 aliphatic carbocycles. The van der Waals surface area contributed by atoms with Crippen molar-refractivity contribution in [3.63, 3.8) is 0 Å². The third-order valence-corrected chi connectivity index (χ3v) is 3.73. The highest BCUT2D eigenvalue weighted by molar-refractivity contribution is 5.78. The average molecular weight is 275 g/mol. The topological polar surface area (TPSA) is 47.3 Å². The van der Waals surface area contributed by atoms with Gasteiger partial charge >= 0.3 is 0 Å². The molecule has 0 bridgehead atoms. The van der Waals surface area contributed by atoms with Gasteiger partial charge in [-0.1, -0.05) is 6.07 Å². The molecule has 0 saturated carbocycles. The van der Waals surface area contributed by atoms with Crippen LogP contribution in [0.15, 0.2) is 18.2 Å². The first kappa shape index (κ1) is 14.3. The molecular weight excluding hydrogens is 257 g/mol. The van der Waals surface area contributed by atoms with Crippen LogP contribution in [0.25, 0.3) is 0 Å². The van der Waals surface area contributed by atoms with Gasteiger partial charge in [0.25, 0.3) is 0 Å². The number of nitriles is 1. The lowest BCUT2D eigenvalue weighted by Gasteiger charge is -2.34. The summed E-state index contributed by atoms with van der Waals surface area (Å²) in [5.74, 6) is -0.318. The van der Waals surface area contributed by atoms with Crippen LogP contribution in [0.3, 0.4) is 0 Å². The normalized spacial score (nSPS) is 15.8. The van der Waals surface area contributed by atoms with E-state index >= 15 is 0 Å². The largest absolute Gasteiger partial charge is 0.370 e. The van der Waals surface area contributed by atoms with Gasteiger partial charge in [0.2, 0.25) is 5.91 Å². The van der Waals surface area contributed by atoms with Gasteiger partial charge in [-0.3, -0.25) is 4.79 Å². The maximum Gasteiger partial charge on any atom is 0.225 e. The van der Waals surface area contributed by atoms with Crippen molar-refractivity contribution in [1.29, 1.82) is 5.26 Å². The van der Waals surface area contributed by atoms with E-state index in [0.717, 1.165) is 12.8 Å². The third-order valence-electron chi connectivity index (χ3n) is 3.73. The average Bonchev–Trinajstić information content (AvgIpc) is 2.46. The molecule has 0 atom stereocenters. The molecule has 20 heavy (non-hydrogen) atoms. The second-order valence-electron chi connectivity index (χ2n) is 5.24. The molecule has 0 spiro atoms. The summed E-state index contributed by atoms with van der Waals surface area (Å²) in [4.78, 5) is 15.5. The van der Waals surface area contributed by atoms with Crippen LogP contribution in [0, 0.1) is 23.1 Å². The Bertz CT molecular complexity index is 543. The molecule has 0 unspecified atom stereocenters. The van der Waals surface area contributed by atoms with Crippen LogP contribution < -0.4 is 4.90 Å². The van der Waals surface area contributed by atoms with Gasteiger partial charge in [-0.15, -0.1) is 0 Å². The molecule has 1 amide bonds. The first-order valence-electron chi connectivity index (χ1n) is 6.69. The van der Waals surface area contributed by atoms with Gasteiger partial charge in [0, 0.05) is 33.1 Å². The summed E-state index contributed by atoms with van der Waals surface area (Å²) >= 11 is 0. The van der Waals surface area contributed by atoms with Crippen LogP contribution in [0.2, 0.25) is 0 Å². The highest BCUT2D eigenvalue weighted by Crippen LogP contribution is 2.28. The molecule has 1 aromatic rings. The monoisotopic (exact) mass is 275 g/mol. The van der Waals surface area contributed by atoms with Gasteiger partial charge in [-0.2, -0.15) is 5.26 Å². The molecule has 0 radical (unpaired) electrons. The Morgan fingerprint density at radius 2 is 2.05 bits per heavy atom. The van der Waals surface area contributed by atoms with Crippen molar-refractivity contribution in [3.05, 3.63) is 29.6 Å². The van der Waals surface area contributed by atoms with E-state index in [9.17, 15) is 9.18 Å². The molecule has 1 fully saturated rings. The fraction of sp³-hybridized carbons (Fsp3) is 0.467. The van der Waals surface area contributed by atoms with Gasteiger partial charge < -0.3 is 9.80 Å². The molecule has 2 rings (SSSR count). The van der Waals surface area contributed by atoms with Gasteiger partial charge in [-0.05, 0) is 25.0 Å². The summed E-state index contributed by atoms with van der Waals surface area (Å²) in [6.07, 6.45) is 1.47. The summed E-state index contributed by atoms with van der Waals surface area (Å²) in [6, 6.07) is 6.59. The number of carbonyl (C=O) groups is 1. The standard InChI is InChI=1S/C15H18FN3O/c1-18(2)15(20)11-6-8-19(9-7-11)14-5-3-4-13(16)12(14)10-17/h3-5,11H,6-9H2,1-2H3. The minimum atomic E-state index is -0.489. The maximum absolute atomic E-state index is 13.6. The molecule has 1 heterocycles. The number of amides is 1. The highest BCUT2D eigenvalue weighted by Gasteiger charge is 2.27. The fourth-order valence-electron chi connectivity index (χ4n) is 2.62. The van der Waals surface area contributed by atoms with Crippen LogP contribution in [-0.4, -0.2) is 38.0 Å². The van der Waals surface area contributed by atoms with E-state index in [4.69, 9.17) is 5.26 Å². The first-order chi connectivity index (χ1) is 9.54. The number of carbonyl (C=O) groups excluding carboxylic acids is 1. The van der Waals surface area contributed by atoms with E-state index in [1.165, 1.54) is 6.07 Å². The van der Waals surface area contributed by atoms with Gasteiger partial charge in [-0.25, -0.2) is 4.39 Å². The van der Waals surface area contributed by atoms with Crippen molar-refractivity contribution in [3.8, 4) is 6.07 Å². The van der Waals surface area contributed by atoms with Gasteiger partial charge in [0.1, 0.15) is 17.4 Å². The number of nitrogens with zero attached hydrogens (tertiary/aromatic N) is 3. The first-order valence-corrected chi connectivity index (χ1v) is 6.69. The SMILES string of the molecule is CN(C)C(=O)C1CCN(c2cccc(F)c2C#N)CC1. The Hall–Kier alpha value is -2.09. The Labute approximate surface area is 118 Å². The molecular formula is C15H18FN3O. The van der Waals surface area contributed by atoms with Crippen LogP contribution >= 0.6 is 0 Å². The smallest absolute Gasteiger partial charge is 0.225 e. The molecule has 106 valence electrons. The Kier molecular flexibility index (Phi) is 4.23. The lowest BCUT2D eigenvalue weighted by atomic mass is 9.94. The minimum absolute atomic E-state index is 0.0281. The summed E-state index contributed by atoms with van der Waals surface area (Å²) in [6.45, 7) is 1.34. The third kappa shape index (κ3) is 2.74. The van der Waals surface area contributed by atoms with Crippen molar-refractivity contribution in [2.45, 2.75) is 12.8 Å². The lowest BCUT2D eigenvalue weighted by Crippen LogP contribution is -2.40. The molecule has 0 N–H and O–H groups in total. The second kappa shape index (κ2) is 5.91. The van der Waals surface area contributed by atoms with E-state index in [0.29, 0.717) is 18.8 Å². The van der Waals surface area contributed by atoms with Crippen molar-refractivity contribution in [2.75, 3.05) is 32.1 Å². The second-order valence-corrected chi connectivity index (χ2v) is 5.24. The zero-order valence-electron chi connectivity index (χ0n) is 11.8. The molecule has 1 saturated heterocycles. The van der Waals surface area contributed by atoms with E-state index in [1.807, 2.05) is 11.0 Å². The van der Waals surface area contributed by atoms with Gasteiger partial charge in [0.05, 0.1) is 5.69 Å². The summed E-state index contributed by atoms with van der Waals surface area (Å²) in [7, 11) is 3.52. The highest BCUT2D eigenvalue weighted by atomic mass is 19.1. The van der Waals surface area contributed by atoms with E-state index in [2.05, 4.69) is 0 Å². The number of hydrogen-bond donors (Lipinski definition) is 0. The predicted octanol–water partition coefficient (Wildman–Crippen LogP) is 2.00. The quantitative estimate of drug-likeness (QED) is 0.829. The van der Waals surface area contributed by atoms with E-state index in [-0.39, 0.29) is 17.4 Å². The van der Waals surface area contributed by atoms with Crippen molar-refractivity contribution >= 4 is 11.6 Å². The summed E-state index contributed by atoms with van der Waals surface area (Å²) in [5.41, 5.74) is 0.716. The Morgan fingerprint density at radius 3 is 2.60 bits per heavy atom. The molecule has 1 aliphatic rings. The Morgan fingerprint density at radius 1 is 1.40 bits per heavy atom. The molecule has 5 heteroatoms. The minimum Gasteiger partial charge on any atom is -0.370 e. The fourth-order valence-corrected chi connectivity index (χ4v) is 2.62. The van der Waals surface area contributed by atoms with Crippen molar-refractivity contribution in [2.24, 2.45) is 5.92 Å². The van der Waals surface area contributed by atoms with Gasteiger partial charge in [0.15, 0.2) is 0 Å².